The number of hydrogen-bond acceptors (Lipinski definition) is 6. The normalized spacial score (nSPS) is 11.2. The predicted octanol–water partition coefficient (Wildman–Crippen LogP) is 3.15. The van der Waals surface area contributed by atoms with Crippen LogP contribution in [0.4, 0.5) is 13.2 Å². The summed E-state index contributed by atoms with van der Waals surface area (Å²) in [7, 11) is 1.37. The minimum absolute atomic E-state index is 0.354. The summed E-state index contributed by atoms with van der Waals surface area (Å²) in [4.78, 5) is 28.2. The first kappa shape index (κ1) is 22.7. The third kappa shape index (κ3) is 5.40. The number of methoxy groups -OCH3 is 1. The Morgan fingerprint density at radius 3 is 2.56 bits per heavy atom. The van der Waals surface area contributed by atoms with Gasteiger partial charge in [-0.1, -0.05) is 0 Å². The lowest BCUT2D eigenvalue weighted by molar-refractivity contribution is -0.192. The third-order valence-corrected chi connectivity index (χ3v) is 4.36. The van der Waals surface area contributed by atoms with Crippen LogP contribution in [-0.4, -0.2) is 50.5 Å². The number of aromatic amines is 2. The number of halogens is 3. The number of aliphatic carboxylic acids is 1. The second-order valence-electron chi connectivity index (χ2n) is 6.56. The minimum atomic E-state index is -5.08. The molecule has 0 aliphatic heterocycles. The molecule has 9 nitrogen and oxygen atoms in total. The molecule has 0 atom stereocenters. The molecule has 4 rings (SSSR count). The minimum Gasteiger partial charge on any atom is -0.475 e. The largest absolute Gasteiger partial charge is 0.490 e. The van der Waals surface area contributed by atoms with Crippen LogP contribution in [-0.2, 0) is 22.6 Å². The van der Waals surface area contributed by atoms with Crippen LogP contribution in [0.2, 0.25) is 0 Å². The van der Waals surface area contributed by atoms with Gasteiger partial charge in [0.1, 0.15) is 0 Å². The van der Waals surface area contributed by atoms with E-state index in [-0.39, 0.29) is 5.97 Å². The molecular formula is C20H18F3N5O4. The highest BCUT2D eigenvalue weighted by Gasteiger charge is 2.38. The van der Waals surface area contributed by atoms with E-state index in [1.54, 1.807) is 18.3 Å². The van der Waals surface area contributed by atoms with Crippen molar-refractivity contribution in [2.75, 3.05) is 7.11 Å². The molecular weight excluding hydrogens is 431 g/mol. The Morgan fingerprint density at radius 1 is 1.16 bits per heavy atom. The molecule has 3 heterocycles. The van der Waals surface area contributed by atoms with Gasteiger partial charge < -0.3 is 20.1 Å². The Morgan fingerprint density at radius 2 is 1.91 bits per heavy atom. The Kier molecular flexibility index (Phi) is 6.73. The lowest BCUT2D eigenvalue weighted by atomic mass is 10.1. The van der Waals surface area contributed by atoms with E-state index in [2.05, 4.69) is 25.5 Å². The summed E-state index contributed by atoms with van der Waals surface area (Å²) in [5.41, 5.74) is 5.30. The summed E-state index contributed by atoms with van der Waals surface area (Å²) < 4.78 is 36.5. The molecule has 0 saturated carbocycles. The van der Waals surface area contributed by atoms with Crippen LogP contribution in [0.15, 0.2) is 42.6 Å². The lowest BCUT2D eigenvalue weighted by Crippen LogP contribution is -2.21. The van der Waals surface area contributed by atoms with Crippen molar-refractivity contribution in [3.8, 4) is 0 Å². The van der Waals surface area contributed by atoms with Gasteiger partial charge in [-0.3, -0.25) is 10.1 Å². The summed E-state index contributed by atoms with van der Waals surface area (Å²) in [5.74, 6) is -3.11. The van der Waals surface area contributed by atoms with Crippen molar-refractivity contribution in [2.45, 2.75) is 19.3 Å². The lowest BCUT2D eigenvalue weighted by Gasteiger charge is -2.03. The highest BCUT2D eigenvalue weighted by atomic mass is 19.4. The predicted molar refractivity (Wildman–Crippen MR) is 108 cm³/mol. The van der Waals surface area contributed by atoms with Crippen molar-refractivity contribution in [1.82, 2.24) is 25.5 Å². The maximum atomic E-state index is 11.7. The topological polar surface area (TPSA) is 133 Å². The van der Waals surface area contributed by atoms with Crippen LogP contribution in [0.1, 0.15) is 21.7 Å². The number of rotatable bonds is 5. The molecule has 0 unspecified atom stereocenters. The van der Waals surface area contributed by atoms with Crippen molar-refractivity contribution in [3.63, 3.8) is 0 Å². The molecule has 0 aliphatic rings. The average Bonchev–Trinajstić information content (AvgIpc) is 3.36. The van der Waals surface area contributed by atoms with Gasteiger partial charge >= 0.3 is 18.1 Å². The molecule has 0 bridgehead atoms. The van der Waals surface area contributed by atoms with Gasteiger partial charge in [0.05, 0.1) is 34.9 Å². The zero-order chi connectivity index (χ0) is 23.3. The zero-order valence-electron chi connectivity index (χ0n) is 16.7. The van der Waals surface area contributed by atoms with Crippen molar-refractivity contribution in [1.29, 1.82) is 0 Å². The van der Waals surface area contributed by atoms with E-state index in [9.17, 15) is 18.0 Å². The van der Waals surface area contributed by atoms with Gasteiger partial charge in [-0.25, -0.2) is 9.59 Å². The molecule has 32 heavy (non-hydrogen) atoms. The van der Waals surface area contributed by atoms with Gasteiger partial charge in [-0.2, -0.15) is 18.3 Å². The fourth-order valence-electron chi connectivity index (χ4n) is 2.87. The van der Waals surface area contributed by atoms with Gasteiger partial charge in [0, 0.05) is 30.4 Å². The highest BCUT2D eigenvalue weighted by molar-refractivity contribution is 5.95. The molecule has 0 amide bonds. The molecule has 1 aromatic carbocycles. The first-order valence-corrected chi connectivity index (χ1v) is 9.18. The molecule has 12 heteroatoms. The van der Waals surface area contributed by atoms with E-state index in [1.807, 2.05) is 24.3 Å². The van der Waals surface area contributed by atoms with Gasteiger partial charge in [0.25, 0.3) is 0 Å². The van der Waals surface area contributed by atoms with Crippen LogP contribution in [0, 0.1) is 0 Å². The number of carbonyl (C=O) groups excluding carboxylic acids is 1. The molecule has 0 aliphatic carbocycles. The smallest absolute Gasteiger partial charge is 0.475 e. The maximum absolute atomic E-state index is 11.7. The van der Waals surface area contributed by atoms with Gasteiger partial charge in [-0.15, -0.1) is 0 Å². The molecule has 4 aromatic rings. The SMILES string of the molecule is COC(=O)c1ccc2n[nH]c(CNCc3cc4ncccc4[nH]3)c2c1.O=C(O)C(F)(F)F. The fourth-order valence-corrected chi connectivity index (χ4v) is 2.87. The Balaban J connectivity index is 0.000000360. The van der Waals surface area contributed by atoms with Gasteiger partial charge in [0.15, 0.2) is 0 Å². The van der Waals surface area contributed by atoms with Crippen LogP contribution < -0.4 is 5.32 Å². The average molecular weight is 449 g/mol. The monoisotopic (exact) mass is 449 g/mol. The Bertz CT molecular complexity index is 1220. The third-order valence-electron chi connectivity index (χ3n) is 4.36. The number of fused-ring (bicyclic) bond motifs is 2. The fraction of sp³-hybridized carbons (Fsp3) is 0.200. The van der Waals surface area contributed by atoms with Gasteiger partial charge in [-0.05, 0) is 36.4 Å². The number of H-pyrrole nitrogens is 2. The number of aromatic nitrogens is 4. The zero-order valence-corrected chi connectivity index (χ0v) is 16.7. The van der Waals surface area contributed by atoms with Crippen molar-refractivity contribution in [3.05, 3.63) is 59.5 Å². The molecule has 0 saturated heterocycles. The van der Waals surface area contributed by atoms with Crippen molar-refractivity contribution < 1.29 is 32.6 Å². The van der Waals surface area contributed by atoms with Crippen molar-refractivity contribution in [2.24, 2.45) is 0 Å². The van der Waals surface area contributed by atoms with E-state index in [0.29, 0.717) is 18.7 Å². The Hall–Kier alpha value is -3.93. The van der Waals surface area contributed by atoms with E-state index in [1.165, 1.54) is 7.11 Å². The molecule has 3 aromatic heterocycles. The summed E-state index contributed by atoms with van der Waals surface area (Å²) in [6.45, 7) is 1.28. The van der Waals surface area contributed by atoms with E-state index < -0.39 is 12.1 Å². The van der Waals surface area contributed by atoms with E-state index >= 15 is 0 Å². The first-order chi connectivity index (χ1) is 15.2. The number of carboxylic acid groups (broad SMARTS) is 1. The first-order valence-electron chi connectivity index (χ1n) is 9.18. The second kappa shape index (κ2) is 9.47. The van der Waals surface area contributed by atoms with Crippen LogP contribution in [0.5, 0.6) is 0 Å². The second-order valence-corrected chi connectivity index (χ2v) is 6.56. The van der Waals surface area contributed by atoms with Crippen LogP contribution in [0.25, 0.3) is 21.9 Å². The molecule has 0 radical (unpaired) electrons. The van der Waals surface area contributed by atoms with E-state index in [0.717, 1.165) is 33.3 Å². The Labute approximate surface area is 178 Å². The number of nitrogens with zero attached hydrogens (tertiary/aromatic N) is 2. The standard InChI is InChI=1S/C18H17N5O2.C2HF3O2/c1-25-18(24)11-4-5-14-13(7-11)17(23-22-14)10-19-9-12-8-16-15(21-12)3-2-6-20-16;3-2(4,5)1(6)7/h2-8,19,21H,9-10H2,1H3,(H,22,23);(H,6,7). The highest BCUT2D eigenvalue weighted by Crippen LogP contribution is 2.19. The molecule has 0 spiro atoms. The number of esters is 1. The number of alkyl halides is 3. The number of ether oxygens (including phenoxy) is 1. The number of nitrogens with one attached hydrogen (secondary N) is 3. The summed E-state index contributed by atoms with van der Waals surface area (Å²) in [6, 6.07) is 11.3. The quantitative estimate of drug-likeness (QED) is 0.344. The number of hydrogen-bond donors (Lipinski definition) is 4. The summed E-state index contributed by atoms with van der Waals surface area (Å²) in [5, 5.41) is 18.7. The van der Waals surface area contributed by atoms with Gasteiger partial charge in [0.2, 0.25) is 0 Å². The number of carboxylic acids is 1. The number of benzene rings is 1. The van der Waals surface area contributed by atoms with Crippen molar-refractivity contribution >= 4 is 33.9 Å². The number of pyridine rings is 1. The number of carbonyl (C=O) groups is 2. The van der Waals surface area contributed by atoms with Crippen LogP contribution in [0.3, 0.4) is 0 Å². The maximum Gasteiger partial charge on any atom is 0.490 e. The molecule has 168 valence electrons. The summed E-state index contributed by atoms with van der Waals surface area (Å²) in [6.07, 6.45) is -3.30. The molecule has 0 fully saturated rings. The van der Waals surface area contributed by atoms with Crippen LogP contribution >= 0.6 is 0 Å². The van der Waals surface area contributed by atoms with E-state index in [4.69, 9.17) is 14.6 Å². The summed E-state index contributed by atoms with van der Waals surface area (Å²) >= 11 is 0. The molecule has 4 N–H and O–H groups in total.